The third-order valence-corrected chi connectivity index (χ3v) is 3.19. The molecule has 0 heterocycles. The van der Waals surface area contributed by atoms with Gasteiger partial charge in [-0.25, -0.2) is 0 Å². The lowest BCUT2D eigenvalue weighted by atomic mass is 9.92. The van der Waals surface area contributed by atoms with Crippen molar-refractivity contribution in [3.63, 3.8) is 0 Å². The largest absolute Gasteiger partial charge is 0.497 e. The molecule has 96 valence electrons. The molecule has 0 spiro atoms. The van der Waals surface area contributed by atoms with Crippen molar-refractivity contribution < 1.29 is 9.84 Å². The fourth-order valence-corrected chi connectivity index (χ4v) is 1.45. The normalized spacial score (nSPS) is 14.7. The fraction of sp³-hybridized carbons (Fsp3) is 0.571. The first-order valence-corrected chi connectivity index (χ1v) is 6.01. The molecule has 1 aromatic rings. The predicted octanol–water partition coefficient (Wildman–Crippen LogP) is 2.19. The Bertz CT molecular complexity index is 348. The molecule has 1 atom stereocenters. The highest BCUT2D eigenvalue weighted by atomic mass is 16.5. The van der Waals surface area contributed by atoms with E-state index in [9.17, 15) is 5.11 Å². The highest BCUT2D eigenvalue weighted by Gasteiger charge is 2.23. The molecule has 0 aromatic heterocycles. The molecule has 1 rings (SSSR count). The zero-order valence-corrected chi connectivity index (χ0v) is 11.2. The van der Waals surface area contributed by atoms with Crippen molar-refractivity contribution in [3.05, 3.63) is 29.8 Å². The van der Waals surface area contributed by atoms with E-state index in [1.165, 1.54) is 0 Å². The molecule has 1 unspecified atom stereocenters. The molecule has 3 heteroatoms. The van der Waals surface area contributed by atoms with Gasteiger partial charge in [0.2, 0.25) is 0 Å². The lowest BCUT2D eigenvalue weighted by Gasteiger charge is -2.28. The third kappa shape index (κ3) is 4.36. The number of rotatable bonds is 6. The zero-order chi connectivity index (χ0) is 12.9. The van der Waals surface area contributed by atoms with Gasteiger partial charge in [-0.2, -0.15) is 0 Å². The van der Waals surface area contributed by atoms with Gasteiger partial charge in [0.1, 0.15) is 5.75 Å². The van der Waals surface area contributed by atoms with Crippen LogP contribution in [-0.2, 0) is 6.54 Å². The molecule has 0 amide bonds. The molecular formula is C14H23NO2. The molecule has 0 bridgehead atoms. The second-order valence-electron chi connectivity index (χ2n) is 4.97. The van der Waals surface area contributed by atoms with Crippen molar-refractivity contribution in [2.24, 2.45) is 5.92 Å². The molecule has 0 saturated carbocycles. The first kappa shape index (κ1) is 14.0. The Balaban J connectivity index is 2.45. The smallest absolute Gasteiger partial charge is 0.119 e. The van der Waals surface area contributed by atoms with Crippen LogP contribution in [0.2, 0.25) is 0 Å². The molecule has 0 aliphatic heterocycles. The maximum absolute atomic E-state index is 10.1. The number of methoxy groups -OCH3 is 1. The molecule has 0 fully saturated rings. The lowest BCUT2D eigenvalue weighted by molar-refractivity contribution is 0.0140. The van der Waals surface area contributed by atoms with Crippen molar-refractivity contribution in [1.82, 2.24) is 5.32 Å². The Morgan fingerprint density at radius 2 is 2.12 bits per heavy atom. The molecule has 2 N–H and O–H groups in total. The van der Waals surface area contributed by atoms with Gasteiger partial charge in [-0.1, -0.05) is 26.0 Å². The van der Waals surface area contributed by atoms with E-state index in [0.29, 0.717) is 6.54 Å². The van der Waals surface area contributed by atoms with Gasteiger partial charge in [-0.15, -0.1) is 0 Å². The summed E-state index contributed by atoms with van der Waals surface area (Å²) in [4.78, 5) is 0. The van der Waals surface area contributed by atoms with Crippen LogP contribution in [0, 0.1) is 5.92 Å². The van der Waals surface area contributed by atoms with Crippen molar-refractivity contribution in [2.45, 2.75) is 32.9 Å². The van der Waals surface area contributed by atoms with E-state index >= 15 is 0 Å². The van der Waals surface area contributed by atoms with Gasteiger partial charge < -0.3 is 15.2 Å². The molecular weight excluding hydrogens is 214 g/mol. The van der Waals surface area contributed by atoms with Crippen LogP contribution in [0.1, 0.15) is 26.3 Å². The van der Waals surface area contributed by atoms with E-state index in [1.807, 2.05) is 45.0 Å². The van der Waals surface area contributed by atoms with Crippen LogP contribution in [0.15, 0.2) is 24.3 Å². The third-order valence-electron chi connectivity index (χ3n) is 3.19. The summed E-state index contributed by atoms with van der Waals surface area (Å²) in [6, 6.07) is 7.93. The summed E-state index contributed by atoms with van der Waals surface area (Å²) in [6.07, 6.45) is 0. The van der Waals surface area contributed by atoms with E-state index in [-0.39, 0.29) is 5.92 Å². The molecule has 0 aliphatic carbocycles. The number of hydrogen-bond donors (Lipinski definition) is 2. The summed E-state index contributed by atoms with van der Waals surface area (Å²) in [5, 5.41) is 13.4. The summed E-state index contributed by atoms with van der Waals surface area (Å²) in [6.45, 7) is 7.22. The van der Waals surface area contributed by atoms with Crippen LogP contribution in [0.3, 0.4) is 0 Å². The zero-order valence-electron chi connectivity index (χ0n) is 11.2. The Hall–Kier alpha value is -1.06. The number of benzene rings is 1. The second-order valence-corrected chi connectivity index (χ2v) is 4.97. The minimum Gasteiger partial charge on any atom is -0.497 e. The van der Waals surface area contributed by atoms with E-state index < -0.39 is 5.60 Å². The van der Waals surface area contributed by atoms with Crippen LogP contribution in [0.5, 0.6) is 5.75 Å². The number of aliphatic hydroxyl groups is 1. The predicted molar refractivity (Wildman–Crippen MR) is 70.2 cm³/mol. The average molecular weight is 237 g/mol. The summed E-state index contributed by atoms with van der Waals surface area (Å²) in [7, 11) is 1.66. The Morgan fingerprint density at radius 3 is 2.71 bits per heavy atom. The van der Waals surface area contributed by atoms with Gasteiger partial charge in [-0.05, 0) is 30.5 Å². The fourth-order valence-electron chi connectivity index (χ4n) is 1.45. The van der Waals surface area contributed by atoms with Gasteiger partial charge in [0.05, 0.1) is 12.7 Å². The van der Waals surface area contributed by atoms with Gasteiger partial charge in [0.15, 0.2) is 0 Å². The number of ether oxygens (including phenoxy) is 1. The van der Waals surface area contributed by atoms with E-state index in [1.54, 1.807) is 7.11 Å². The molecule has 3 nitrogen and oxygen atoms in total. The average Bonchev–Trinajstić information content (AvgIpc) is 2.29. The Kier molecular flexibility index (Phi) is 4.97. The van der Waals surface area contributed by atoms with Gasteiger partial charge in [0, 0.05) is 13.1 Å². The quantitative estimate of drug-likeness (QED) is 0.797. The number of nitrogens with one attached hydrogen (secondary N) is 1. The van der Waals surface area contributed by atoms with Gasteiger partial charge in [0.25, 0.3) is 0 Å². The first-order valence-electron chi connectivity index (χ1n) is 6.01. The van der Waals surface area contributed by atoms with E-state index in [2.05, 4.69) is 5.32 Å². The van der Waals surface area contributed by atoms with Crippen molar-refractivity contribution >= 4 is 0 Å². The van der Waals surface area contributed by atoms with Crippen molar-refractivity contribution in [2.75, 3.05) is 13.7 Å². The van der Waals surface area contributed by atoms with Crippen LogP contribution in [-0.4, -0.2) is 24.4 Å². The van der Waals surface area contributed by atoms with Gasteiger partial charge in [-0.3, -0.25) is 0 Å². The maximum atomic E-state index is 10.1. The highest BCUT2D eigenvalue weighted by Crippen LogP contribution is 2.15. The monoisotopic (exact) mass is 237 g/mol. The van der Waals surface area contributed by atoms with Crippen LogP contribution < -0.4 is 10.1 Å². The summed E-state index contributed by atoms with van der Waals surface area (Å²) >= 11 is 0. The molecule has 1 aromatic carbocycles. The minimum atomic E-state index is -0.668. The molecule has 0 aliphatic rings. The van der Waals surface area contributed by atoms with Gasteiger partial charge >= 0.3 is 0 Å². The second kappa shape index (κ2) is 6.03. The molecule has 17 heavy (non-hydrogen) atoms. The standard InChI is InChI=1S/C14H23NO2/c1-11(2)14(3,16)10-15-9-12-6-5-7-13(8-12)17-4/h5-8,11,15-16H,9-10H2,1-4H3. The summed E-state index contributed by atoms with van der Waals surface area (Å²) < 4.78 is 5.16. The van der Waals surface area contributed by atoms with Crippen molar-refractivity contribution in [3.8, 4) is 5.75 Å². The van der Waals surface area contributed by atoms with E-state index in [4.69, 9.17) is 4.74 Å². The van der Waals surface area contributed by atoms with E-state index in [0.717, 1.165) is 17.9 Å². The summed E-state index contributed by atoms with van der Waals surface area (Å²) in [5.41, 5.74) is 0.489. The molecule has 0 radical (unpaired) electrons. The SMILES string of the molecule is COc1cccc(CNCC(C)(O)C(C)C)c1. The highest BCUT2D eigenvalue weighted by molar-refractivity contribution is 5.28. The maximum Gasteiger partial charge on any atom is 0.119 e. The molecule has 0 saturated heterocycles. The number of hydrogen-bond acceptors (Lipinski definition) is 3. The minimum absolute atomic E-state index is 0.236. The van der Waals surface area contributed by atoms with Crippen LogP contribution in [0.25, 0.3) is 0 Å². The lowest BCUT2D eigenvalue weighted by Crippen LogP contribution is -2.41. The first-order chi connectivity index (χ1) is 7.95. The Labute approximate surface area is 104 Å². The van der Waals surface area contributed by atoms with Crippen LogP contribution in [0.4, 0.5) is 0 Å². The topological polar surface area (TPSA) is 41.5 Å². The van der Waals surface area contributed by atoms with Crippen LogP contribution >= 0.6 is 0 Å². The Morgan fingerprint density at radius 1 is 1.41 bits per heavy atom. The summed E-state index contributed by atoms with van der Waals surface area (Å²) in [5.74, 6) is 1.10. The van der Waals surface area contributed by atoms with Crippen molar-refractivity contribution in [1.29, 1.82) is 0 Å².